The minimum atomic E-state index is -0.465. The highest BCUT2D eigenvalue weighted by Crippen LogP contribution is 2.25. The van der Waals surface area contributed by atoms with Crippen LogP contribution in [0.5, 0.6) is 11.5 Å². The summed E-state index contributed by atoms with van der Waals surface area (Å²) in [6.07, 6.45) is 5.09. The van der Waals surface area contributed by atoms with Crippen LogP contribution < -0.4 is 9.47 Å². The largest absolute Gasteiger partial charge is 0.423 e. The van der Waals surface area contributed by atoms with Crippen LogP contribution >= 0.6 is 0 Å². The van der Waals surface area contributed by atoms with Crippen LogP contribution in [0.25, 0.3) is 0 Å². The van der Waals surface area contributed by atoms with Crippen LogP contribution in [-0.4, -0.2) is 11.9 Å². The molecule has 0 fully saturated rings. The van der Waals surface area contributed by atoms with Gasteiger partial charge in [-0.25, -0.2) is 9.59 Å². The zero-order chi connectivity index (χ0) is 20.7. The van der Waals surface area contributed by atoms with Gasteiger partial charge < -0.3 is 9.47 Å². The molecule has 28 heavy (non-hydrogen) atoms. The van der Waals surface area contributed by atoms with Crippen LogP contribution in [0, 0.1) is 13.8 Å². The van der Waals surface area contributed by atoms with Crippen molar-refractivity contribution in [3.63, 3.8) is 0 Å². The molecule has 0 bridgehead atoms. The summed E-state index contributed by atoms with van der Waals surface area (Å²) in [4.78, 5) is 24.6. The van der Waals surface area contributed by atoms with E-state index in [-0.39, 0.29) is 0 Å². The van der Waals surface area contributed by atoms with E-state index in [4.69, 9.17) is 9.47 Å². The number of carbonyl (C=O) groups excluding carboxylic acids is 2. The number of hydrogen-bond donors (Lipinski definition) is 0. The highest BCUT2D eigenvalue weighted by molar-refractivity contribution is 5.93. The number of rotatable bonds is 6. The molecule has 0 heterocycles. The van der Waals surface area contributed by atoms with Gasteiger partial charge in [0, 0.05) is 0 Å². The first-order valence-electron chi connectivity index (χ1n) is 8.91. The average Bonchev–Trinajstić information content (AvgIpc) is 2.64. The van der Waals surface area contributed by atoms with Crippen molar-refractivity contribution in [3.05, 3.63) is 95.1 Å². The number of hydrogen-bond acceptors (Lipinski definition) is 4. The Balaban J connectivity index is 2.09. The molecule has 0 aliphatic carbocycles. The van der Waals surface area contributed by atoms with Gasteiger partial charge in [0.15, 0.2) is 0 Å². The summed E-state index contributed by atoms with van der Waals surface area (Å²) in [5.41, 5.74) is 3.49. The Morgan fingerprint density at radius 3 is 2.21 bits per heavy atom. The Morgan fingerprint density at radius 1 is 0.964 bits per heavy atom. The Hall–Kier alpha value is -3.40. The van der Waals surface area contributed by atoms with Crippen molar-refractivity contribution in [2.45, 2.75) is 27.7 Å². The Morgan fingerprint density at radius 2 is 1.64 bits per heavy atom. The predicted octanol–water partition coefficient (Wildman–Crippen LogP) is 5.51. The molecule has 0 atom stereocenters. The first kappa shape index (κ1) is 20.9. The molecule has 2 aromatic carbocycles. The molecule has 0 spiro atoms. The maximum absolute atomic E-state index is 12.3. The molecule has 0 aliphatic rings. The standard InChI is InChI=1S/C24H24O4/c1-6-19(10-7-16(2)3)23(25)28-22-14-13-21(15-18(22)5)27-24(26)20-11-8-17(4)9-12-20/h6-15H,2H2,1,3-5H3/b10-7-,19-6+. The van der Waals surface area contributed by atoms with Crippen LogP contribution in [0.1, 0.15) is 35.3 Å². The lowest BCUT2D eigenvalue weighted by atomic mass is 10.1. The van der Waals surface area contributed by atoms with Crippen molar-refractivity contribution in [2.75, 3.05) is 0 Å². The quantitative estimate of drug-likeness (QED) is 0.289. The van der Waals surface area contributed by atoms with Gasteiger partial charge in [-0.15, -0.1) is 0 Å². The Labute approximate surface area is 165 Å². The van der Waals surface area contributed by atoms with E-state index < -0.39 is 11.9 Å². The molecule has 0 saturated carbocycles. The number of carbonyl (C=O) groups is 2. The fraction of sp³-hybridized carbons (Fsp3) is 0.167. The van der Waals surface area contributed by atoms with Crippen molar-refractivity contribution in [3.8, 4) is 11.5 Å². The first-order valence-corrected chi connectivity index (χ1v) is 8.91. The van der Waals surface area contributed by atoms with Gasteiger partial charge in [0.2, 0.25) is 0 Å². The van der Waals surface area contributed by atoms with Crippen molar-refractivity contribution < 1.29 is 19.1 Å². The highest BCUT2D eigenvalue weighted by Gasteiger charge is 2.13. The molecule has 2 rings (SSSR count). The Kier molecular flexibility index (Phi) is 7.10. The molecule has 2 aromatic rings. The monoisotopic (exact) mass is 376 g/mol. The van der Waals surface area contributed by atoms with Gasteiger partial charge in [-0.2, -0.15) is 0 Å². The summed E-state index contributed by atoms with van der Waals surface area (Å²) in [5, 5.41) is 0. The van der Waals surface area contributed by atoms with E-state index in [9.17, 15) is 9.59 Å². The van der Waals surface area contributed by atoms with Crippen LogP contribution in [-0.2, 0) is 4.79 Å². The second-order valence-corrected chi connectivity index (χ2v) is 6.50. The van der Waals surface area contributed by atoms with Crippen molar-refractivity contribution in [1.29, 1.82) is 0 Å². The fourth-order valence-corrected chi connectivity index (χ4v) is 2.33. The minimum Gasteiger partial charge on any atom is -0.423 e. The number of esters is 2. The summed E-state index contributed by atoms with van der Waals surface area (Å²) in [6, 6.07) is 12.0. The lowest BCUT2D eigenvalue weighted by molar-refractivity contribution is -0.129. The summed E-state index contributed by atoms with van der Waals surface area (Å²) in [5.74, 6) is -0.114. The van der Waals surface area contributed by atoms with Gasteiger partial charge in [-0.3, -0.25) is 0 Å². The molecule has 0 aromatic heterocycles. The number of ether oxygens (including phenoxy) is 2. The van der Waals surface area contributed by atoms with Crippen molar-refractivity contribution in [2.24, 2.45) is 0 Å². The molecule has 144 valence electrons. The smallest absolute Gasteiger partial charge is 0.343 e. The minimum absolute atomic E-state index is 0.385. The van der Waals surface area contributed by atoms with Gasteiger partial charge in [0.05, 0.1) is 11.1 Å². The topological polar surface area (TPSA) is 52.6 Å². The van der Waals surface area contributed by atoms with Gasteiger partial charge in [-0.05, 0) is 69.7 Å². The average molecular weight is 376 g/mol. The molecule has 0 radical (unpaired) electrons. The van der Waals surface area contributed by atoms with E-state index in [0.29, 0.717) is 28.2 Å². The lowest BCUT2D eigenvalue weighted by Gasteiger charge is -2.10. The third kappa shape index (κ3) is 5.81. The predicted molar refractivity (Wildman–Crippen MR) is 111 cm³/mol. The van der Waals surface area contributed by atoms with Crippen LogP contribution in [0.15, 0.2) is 78.4 Å². The summed E-state index contributed by atoms with van der Waals surface area (Å²) >= 11 is 0. The van der Waals surface area contributed by atoms with Gasteiger partial charge in [0.1, 0.15) is 11.5 Å². The number of allylic oxidation sites excluding steroid dienone is 3. The van der Waals surface area contributed by atoms with E-state index >= 15 is 0 Å². The van der Waals surface area contributed by atoms with E-state index in [1.165, 1.54) is 0 Å². The third-order valence-corrected chi connectivity index (χ3v) is 3.94. The van der Waals surface area contributed by atoms with E-state index in [2.05, 4.69) is 6.58 Å². The fourth-order valence-electron chi connectivity index (χ4n) is 2.33. The molecule has 0 aliphatic heterocycles. The molecule has 0 saturated heterocycles. The van der Waals surface area contributed by atoms with Gasteiger partial charge in [-0.1, -0.05) is 42.0 Å². The van der Waals surface area contributed by atoms with Gasteiger partial charge >= 0.3 is 11.9 Å². The summed E-state index contributed by atoms with van der Waals surface area (Å²) in [7, 11) is 0. The second kappa shape index (κ2) is 9.51. The molecule has 0 amide bonds. The SMILES string of the molecule is C=C(C)/C=C\C(=C/C)C(=O)Oc1ccc(OC(=O)c2ccc(C)cc2)cc1C. The lowest BCUT2D eigenvalue weighted by Crippen LogP contribution is -2.11. The molecule has 4 nitrogen and oxygen atoms in total. The van der Waals surface area contributed by atoms with E-state index in [0.717, 1.165) is 11.1 Å². The highest BCUT2D eigenvalue weighted by atomic mass is 16.5. The number of aryl methyl sites for hydroxylation is 2. The number of benzene rings is 2. The first-order chi connectivity index (χ1) is 13.3. The maximum Gasteiger partial charge on any atom is 0.343 e. The molecule has 4 heteroatoms. The third-order valence-electron chi connectivity index (χ3n) is 3.94. The Bertz CT molecular complexity index is 947. The molecule has 0 N–H and O–H groups in total. The zero-order valence-corrected chi connectivity index (χ0v) is 16.6. The van der Waals surface area contributed by atoms with E-state index in [1.807, 2.05) is 26.0 Å². The van der Waals surface area contributed by atoms with Crippen molar-refractivity contribution in [1.82, 2.24) is 0 Å². The normalized spacial score (nSPS) is 11.4. The van der Waals surface area contributed by atoms with E-state index in [1.54, 1.807) is 62.4 Å². The van der Waals surface area contributed by atoms with Crippen molar-refractivity contribution >= 4 is 11.9 Å². The molecule has 0 unspecified atom stereocenters. The zero-order valence-electron chi connectivity index (χ0n) is 16.6. The molecular weight excluding hydrogens is 352 g/mol. The van der Waals surface area contributed by atoms with Crippen LogP contribution in [0.3, 0.4) is 0 Å². The van der Waals surface area contributed by atoms with Gasteiger partial charge in [0.25, 0.3) is 0 Å². The molecular formula is C24H24O4. The van der Waals surface area contributed by atoms with Crippen LogP contribution in [0.4, 0.5) is 0 Å². The maximum atomic E-state index is 12.3. The second-order valence-electron chi connectivity index (χ2n) is 6.50. The van der Waals surface area contributed by atoms with Crippen LogP contribution in [0.2, 0.25) is 0 Å². The summed E-state index contributed by atoms with van der Waals surface area (Å²) in [6.45, 7) is 11.1. The summed E-state index contributed by atoms with van der Waals surface area (Å²) < 4.78 is 10.9.